The topological polar surface area (TPSA) is 69.2 Å². The summed E-state index contributed by atoms with van der Waals surface area (Å²) in [4.78, 5) is 12.3. The molecule has 8 heteroatoms. The van der Waals surface area contributed by atoms with Crippen LogP contribution in [0.2, 0.25) is 10.0 Å². The van der Waals surface area contributed by atoms with Crippen molar-refractivity contribution >= 4 is 29.2 Å². The Bertz CT molecular complexity index is 601. The van der Waals surface area contributed by atoms with Gasteiger partial charge in [-0.05, 0) is 26.0 Å². The number of hydrogen-bond donors (Lipinski definition) is 1. The van der Waals surface area contributed by atoms with Gasteiger partial charge in [-0.25, -0.2) is 0 Å². The highest BCUT2D eigenvalue weighted by atomic mass is 35.5. The second kappa shape index (κ2) is 7.28. The lowest BCUT2D eigenvalue weighted by Crippen LogP contribution is -2.07. The Morgan fingerprint density at radius 2 is 1.86 bits per heavy atom. The highest BCUT2D eigenvalue weighted by Gasteiger charge is 2.11. The predicted molar refractivity (Wildman–Crippen MR) is 81.7 cm³/mol. The summed E-state index contributed by atoms with van der Waals surface area (Å²) < 4.78 is 10.8. The molecule has 0 amide bonds. The molecule has 0 spiro atoms. The average Bonchev–Trinajstić information content (AvgIpc) is 2.43. The number of anilines is 1. The quantitative estimate of drug-likeness (QED) is 0.869. The Hall–Kier alpha value is -1.79. The SMILES string of the molecule is CCNc1nc(OCC)nc(Oc2cc(Cl)ccc2Cl)n1. The van der Waals surface area contributed by atoms with Crippen molar-refractivity contribution < 1.29 is 9.47 Å². The molecule has 1 aromatic heterocycles. The number of aromatic nitrogens is 3. The minimum atomic E-state index is 0.0774. The fourth-order valence-electron chi connectivity index (χ4n) is 1.47. The zero-order valence-electron chi connectivity index (χ0n) is 11.6. The number of ether oxygens (including phenoxy) is 2. The Labute approximate surface area is 132 Å². The normalized spacial score (nSPS) is 10.3. The Morgan fingerprint density at radius 3 is 2.57 bits per heavy atom. The van der Waals surface area contributed by atoms with Crippen LogP contribution in [0.25, 0.3) is 0 Å². The standard InChI is InChI=1S/C13H14Cl2N4O2/c1-3-16-11-17-12(20-4-2)19-13(18-11)21-10-7-8(14)5-6-9(10)15/h5-7H,3-4H2,1-2H3,(H,16,17,18,19). The molecule has 1 N–H and O–H groups in total. The fraction of sp³-hybridized carbons (Fsp3) is 0.308. The average molecular weight is 329 g/mol. The highest BCUT2D eigenvalue weighted by Crippen LogP contribution is 2.31. The smallest absolute Gasteiger partial charge is 0.330 e. The lowest BCUT2D eigenvalue weighted by atomic mass is 10.3. The summed E-state index contributed by atoms with van der Waals surface area (Å²) in [5.41, 5.74) is 0. The zero-order chi connectivity index (χ0) is 15.2. The van der Waals surface area contributed by atoms with E-state index >= 15 is 0 Å². The molecule has 0 aliphatic heterocycles. The first-order valence-corrected chi connectivity index (χ1v) is 7.13. The molecule has 2 rings (SSSR count). The van der Waals surface area contributed by atoms with Gasteiger partial charge in [0.1, 0.15) is 0 Å². The van der Waals surface area contributed by atoms with Gasteiger partial charge in [-0.3, -0.25) is 0 Å². The molecule has 0 fully saturated rings. The van der Waals surface area contributed by atoms with E-state index in [1.54, 1.807) is 18.2 Å². The third-order valence-corrected chi connectivity index (χ3v) is 2.84. The Balaban J connectivity index is 2.31. The van der Waals surface area contributed by atoms with Gasteiger partial charge >= 0.3 is 12.0 Å². The fourth-order valence-corrected chi connectivity index (χ4v) is 1.79. The van der Waals surface area contributed by atoms with Crippen LogP contribution in [0.3, 0.4) is 0 Å². The summed E-state index contributed by atoms with van der Waals surface area (Å²) in [7, 11) is 0. The molecule has 0 radical (unpaired) electrons. The first-order valence-electron chi connectivity index (χ1n) is 6.38. The third-order valence-electron chi connectivity index (χ3n) is 2.30. The van der Waals surface area contributed by atoms with E-state index in [-0.39, 0.29) is 12.0 Å². The third kappa shape index (κ3) is 4.34. The molecule has 0 bridgehead atoms. The summed E-state index contributed by atoms with van der Waals surface area (Å²) >= 11 is 12.0. The van der Waals surface area contributed by atoms with Crippen LogP contribution in [0.15, 0.2) is 18.2 Å². The Morgan fingerprint density at radius 1 is 1.10 bits per heavy atom. The van der Waals surface area contributed by atoms with Crippen LogP contribution in [-0.4, -0.2) is 28.1 Å². The second-order valence-electron chi connectivity index (χ2n) is 3.86. The molecule has 2 aromatic rings. The van der Waals surface area contributed by atoms with Gasteiger partial charge in [0.05, 0.1) is 11.6 Å². The predicted octanol–water partition coefficient (Wildman–Crippen LogP) is 3.80. The number of hydrogen-bond acceptors (Lipinski definition) is 6. The van der Waals surface area contributed by atoms with Crippen molar-refractivity contribution in [3.8, 4) is 17.8 Å². The Kier molecular flexibility index (Phi) is 5.41. The minimum Gasteiger partial charge on any atom is -0.464 e. The second-order valence-corrected chi connectivity index (χ2v) is 4.71. The molecular weight excluding hydrogens is 315 g/mol. The number of nitrogens with zero attached hydrogens (tertiary/aromatic N) is 3. The van der Waals surface area contributed by atoms with E-state index < -0.39 is 0 Å². The largest absolute Gasteiger partial charge is 0.464 e. The maximum atomic E-state index is 6.05. The van der Waals surface area contributed by atoms with Crippen LogP contribution >= 0.6 is 23.2 Å². The van der Waals surface area contributed by atoms with E-state index in [1.165, 1.54) is 0 Å². The molecule has 112 valence electrons. The van der Waals surface area contributed by atoms with Gasteiger partial charge in [0.2, 0.25) is 5.95 Å². The van der Waals surface area contributed by atoms with Gasteiger partial charge < -0.3 is 14.8 Å². The van der Waals surface area contributed by atoms with Crippen molar-refractivity contribution in [3.63, 3.8) is 0 Å². The molecule has 0 saturated carbocycles. The zero-order valence-corrected chi connectivity index (χ0v) is 13.1. The van der Waals surface area contributed by atoms with Crippen molar-refractivity contribution in [1.82, 2.24) is 15.0 Å². The van der Waals surface area contributed by atoms with E-state index in [9.17, 15) is 0 Å². The van der Waals surface area contributed by atoms with E-state index in [0.717, 1.165) is 0 Å². The molecule has 1 heterocycles. The van der Waals surface area contributed by atoms with Gasteiger partial charge in [-0.1, -0.05) is 23.2 Å². The maximum absolute atomic E-state index is 6.05. The maximum Gasteiger partial charge on any atom is 0.330 e. The van der Waals surface area contributed by atoms with Crippen LogP contribution in [0.1, 0.15) is 13.8 Å². The van der Waals surface area contributed by atoms with Crippen LogP contribution < -0.4 is 14.8 Å². The van der Waals surface area contributed by atoms with E-state index in [4.69, 9.17) is 32.7 Å². The van der Waals surface area contributed by atoms with Crippen molar-refractivity contribution in [2.24, 2.45) is 0 Å². The molecule has 21 heavy (non-hydrogen) atoms. The van der Waals surface area contributed by atoms with E-state index in [2.05, 4.69) is 20.3 Å². The summed E-state index contributed by atoms with van der Waals surface area (Å²) in [6.07, 6.45) is 0. The molecule has 0 unspecified atom stereocenters. The number of benzene rings is 1. The molecule has 0 aliphatic carbocycles. The lowest BCUT2D eigenvalue weighted by Gasteiger charge is -2.09. The molecule has 6 nitrogen and oxygen atoms in total. The molecule has 0 atom stereocenters. The van der Waals surface area contributed by atoms with Gasteiger partial charge in [0, 0.05) is 17.6 Å². The molecule has 1 aromatic carbocycles. The first kappa shape index (κ1) is 15.6. The lowest BCUT2D eigenvalue weighted by molar-refractivity contribution is 0.304. The van der Waals surface area contributed by atoms with Gasteiger partial charge in [0.25, 0.3) is 0 Å². The van der Waals surface area contributed by atoms with Crippen molar-refractivity contribution in [2.75, 3.05) is 18.5 Å². The summed E-state index contributed by atoms with van der Waals surface area (Å²) in [5, 5.41) is 3.88. The van der Waals surface area contributed by atoms with Gasteiger partial charge in [0.15, 0.2) is 5.75 Å². The van der Waals surface area contributed by atoms with Crippen LogP contribution in [0.5, 0.6) is 17.8 Å². The molecule has 0 saturated heterocycles. The molecule has 0 aliphatic rings. The van der Waals surface area contributed by atoms with Crippen LogP contribution in [-0.2, 0) is 0 Å². The first-order chi connectivity index (χ1) is 10.1. The van der Waals surface area contributed by atoms with Crippen LogP contribution in [0, 0.1) is 0 Å². The number of halogens is 2. The monoisotopic (exact) mass is 328 g/mol. The van der Waals surface area contributed by atoms with E-state index in [0.29, 0.717) is 34.9 Å². The number of rotatable bonds is 6. The van der Waals surface area contributed by atoms with Crippen molar-refractivity contribution in [1.29, 1.82) is 0 Å². The van der Waals surface area contributed by atoms with Crippen molar-refractivity contribution in [3.05, 3.63) is 28.2 Å². The van der Waals surface area contributed by atoms with Gasteiger partial charge in [-0.2, -0.15) is 9.97 Å². The summed E-state index contributed by atoms with van der Waals surface area (Å²) in [6.45, 7) is 4.86. The van der Waals surface area contributed by atoms with E-state index in [1.807, 2.05) is 13.8 Å². The van der Waals surface area contributed by atoms with Crippen molar-refractivity contribution in [2.45, 2.75) is 13.8 Å². The summed E-state index contributed by atoms with van der Waals surface area (Å²) in [5.74, 6) is 0.726. The highest BCUT2D eigenvalue weighted by molar-refractivity contribution is 6.34. The number of nitrogens with one attached hydrogen (secondary N) is 1. The molecular formula is C13H14Cl2N4O2. The summed E-state index contributed by atoms with van der Waals surface area (Å²) in [6, 6.07) is 5.14. The van der Waals surface area contributed by atoms with Gasteiger partial charge in [-0.15, -0.1) is 4.98 Å². The minimum absolute atomic E-state index is 0.0774. The van der Waals surface area contributed by atoms with Crippen LogP contribution in [0.4, 0.5) is 5.95 Å².